The highest BCUT2D eigenvalue weighted by Crippen LogP contribution is 2.40. The second-order valence-electron chi connectivity index (χ2n) is 4.36. The molecule has 1 nitrogen and oxygen atoms in total. The molecule has 0 aliphatic heterocycles. The minimum atomic E-state index is 0.323. The van der Waals surface area contributed by atoms with Gasteiger partial charge in [-0.05, 0) is 28.7 Å². The van der Waals surface area contributed by atoms with Crippen molar-refractivity contribution in [1.82, 2.24) is 0 Å². The summed E-state index contributed by atoms with van der Waals surface area (Å²) in [4.78, 5) is 0. The molecule has 1 aliphatic carbocycles. The van der Waals surface area contributed by atoms with Gasteiger partial charge in [0.25, 0.3) is 0 Å². The SMILES string of the molecule is CSCC1C=Cc2cccc3ccc(O)c1c23. The molecule has 0 heterocycles. The molecule has 1 unspecified atom stereocenters. The van der Waals surface area contributed by atoms with Crippen LogP contribution in [0.3, 0.4) is 0 Å². The molecule has 0 radical (unpaired) electrons. The summed E-state index contributed by atoms with van der Waals surface area (Å²) in [5, 5.41) is 12.6. The zero-order valence-corrected chi connectivity index (χ0v) is 10.5. The minimum absolute atomic E-state index is 0.323. The summed E-state index contributed by atoms with van der Waals surface area (Å²) in [6, 6.07) is 10.1. The van der Waals surface area contributed by atoms with Crippen LogP contribution >= 0.6 is 11.8 Å². The smallest absolute Gasteiger partial charge is 0.120 e. The molecule has 1 N–H and O–H groups in total. The molecule has 1 aliphatic rings. The standard InChI is InChI=1S/C15H14OS/c1-17-9-12-6-5-10-3-2-4-11-7-8-13(16)15(12)14(10)11/h2-8,12,16H,9H2,1H3. The van der Waals surface area contributed by atoms with Crippen LogP contribution in [-0.4, -0.2) is 17.1 Å². The summed E-state index contributed by atoms with van der Waals surface area (Å²) in [6.45, 7) is 0. The Morgan fingerprint density at radius 2 is 2.12 bits per heavy atom. The lowest BCUT2D eigenvalue weighted by Gasteiger charge is -2.21. The van der Waals surface area contributed by atoms with Gasteiger partial charge in [-0.1, -0.05) is 36.4 Å². The summed E-state index contributed by atoms with van der Waals surface area (Å²) in [7, 11) is 0. The van der Waals surface area contributed by atoms with Gasteiger partial charge in [0.2, 0.25) is 0 Å². The van der Waals surface area contributed by atoms with E-state index in [1.807, 2.05) is 23.9 Å². The Labute approximate surface area is 105 Å². The summed E-state index contributed by atoms with van der Waals surface area (Å²) in [5.74, 6) is 1.76. The van der Waals surface area contributed by atoms with Crippen LogP contribution in [-0.2, 0) is 0 Å². The second kappa shape index (κ2) is 4.11. The first-order valence-corrected chi connectivity index (χ1v) is 7.12. The molecule has 0 saturated carbocycles. The highest BCUT2D eigenvalue weighted by Gasteiger charge is 2.20. The van der Waals surface area contributed by atoms with Crippen molar-refractivity contribution in [2.75, 3.05) is 12.0 Å². The number of phenols is 1. The Bertz CT molecular complexity index is 601. The number of thioether (sulfide) groups is 1. The van der Waals surface area contributed by atoms with Crippen molar-refractivity contribution < 1.29 is 5.11 Å². The van der Waals surface area contributed by atoms with Crippen LogP contribution in [0.25, 0.3) is 16.8 Å². The van der Waals surface area contributed by atoms with Gasteiger partial charge in [0.05, 0.1) is 0 Å². The summed E-state index contributed by atoms with van der Waals surface area (Å²) >= 11 is 1.81. The normalized spacial score (nSPS) is 17.6. The zero-order chi connectivity index (χ0) is 11.8. The maximum Gasteiger partial charge on any atom is 0.120 e. The quantitative estimate of drug-likeness (QED) is 0.858. The van der Waals surface area contributed by atoms with Crippen molar-refractivity contribution in [2.45, 2.75) is 5.92 Å². The summed E-state index contributed by atoms with van der Waals surface area (Å²) in [5.41, 5.74) is 2.31. The lowest BCUT2D eigenvalue weighted by molar-refractivity contribution is 0.468. The first kappa shape index (κ1) is 10.7. The van der Waals surface area contributed by atoms with E-state index in [1.54, 1.807) is 0 Å². The van der Waals surface area contributed by atoms with E-state index in [2.05, 4.69) is 36.6 Å². The molecule has 2 aromatic rings. The van der Waals surface area contributed by atoms with Gasteiger partial charge in [0, 0.05) is 17.2 Å². The molecule has 0 aromatic heterocycles. The Balaban J connectivity index is 2.33. The van der Waals surface area contributed by atoms with E-state index in [0.29, 0.717) is 11.7 Å². The molecule has 0 spiro atoms. The van der Waals surface area contributed by atoms with Crippen molar-refractivity contribution in [3.63, 3.8) is 0 Å². The van der Waals surface area contributed by atoms with E-state index in [4.69, 9.17) is 0 Å². The average Bonchev–Trinajstić information content (AvgIpc) is 2.35. The van der Waals surface area contributed by atoms with Crippen molar-refractivity contribution >= 4 is 28.6 Å². The number of benzene rings is 2. The van der Waals surface area contributed by atoms with Crippen molar-refractivity contribution in [3.8, 4) is 5.75 Å². The van der Waals surface area contributed by atoms with E-state index in [9.17, 15) is 5.11 Å². The molecule has 3 rings (SSSR count). The Kier molecular flexibility index (Phi) is 2.60. The van der Waals surface area contributed by atoms with Crippen LogP contribution in [0.2, 0.25) is 0 Å². The molecule has 1 atom stereocenters. The van der Waals surface area contributed by atoms with Gasteiger partial charge in [-0.3, -0.25) is 0 Å². The summed E-state index contributed by atoms with van der Waals surface area (Å²) in [6.07, 6.45) is 6.48. The predicted molar refractivity (Wildman–Crippen MR) is 75.8 cm³/mol. The van der Waals surface area contributed by atoms with Crippen LogP contribution in [0, 0.1) is 0 Å². The maximum atomic E-state index is 10.1. The van der Waals surface area contributed by atoms with E-state index >= 15 is 0 Å². The fourth-order valence-electron chi connectivity index (χ4n) is 2.57. The van der Waals surface area contributed by atoms with Gasteiger partial charge in [0.15, 0.2) is 0 Å². The van der Waals surface area contributed by atoms with E-state index in [1.165, 1.54) is 16.3 Å². The lowest BCUT2D eigenvalue weighted by Crippen LogP contribution is -2.04. The van der Waals surface area contributed by atoms with Gasteiger partial charge >= 0.3 is 0 Å². The van der Waals surface area contributed by atoms with Gasteiger partial charge in [-0.15, -0.1) is 0 Å². The molecular formula is C15H14OS. The first-order valence-electron chi connectivity index (χ1n) is 5.73. The monoisotopic (exact) mass is 242 g/mol. The fourth-order valence-corrected chi connectivity index (χ4v) is 3.21. The molecular weight excluding hydrogens is 228 g/mol. The van der Waals surface area contributed by atoms with Crippen LogP contribution in [0.15, 0.2) is 36.4 Å². The zero-order valence-electron chi connectivity index (χ0n) is 9.68. The van der Waals surface area contributed by atoms with Crippen LogP contribution in [0.1, 0.15) is 17.0 Å². The van der Waals surface area contributed by atoms with Crippen molar-refractivity contribution in [2.24, 2.45) is 0 Å². The topological polar surface area (TPSA) is 20.2 Å². The molecule has 2 aromatic carbocycles. The molecule has 0 amide bonds. The predicted octanol–water partition coefficient (Wildman–Crippen LogP) is 4.02. The van der Waals surface area contributed by atoms with E-state index in [-0.39, 0.29) is 0 Å². The third kappa shape index (κ3) is 1.64. The van der Waals surface area contributed by atoms with Gasteiger partial charge in [0.1, 0.15) is 5.75 Å². The van der Waals surface area contributed by atoms with Gasteiger partial charge in [-0.2, -0.15) is 11.8 Å². The molecule has 0 bridgehead atoms. The molecule has 0 fully saturated rings. The Hall–Kier alpha value is -1.41. The maximum absolute atomic E-state index is 10.1. The highest BCUT2D eigenvalue weighted by atomic mass is 32.2. The van der Waals surface area contributed by atoms with E-state index < -0.39 is 0 Å². The van der Waals surface area contributed by atoms with Gasteiger partial charge in [-0.25, -0.2) is 0 Å². The number of phenolic OH excluding ortho intramolecular Hbond substituents is 1. The van der Waals surface area contributed by atoms with Crippen LogP contribution in [0.4, 0.5) is 0 Å². The Morgan fingerprint density at radius 1 is 1.24 bits per heavy atom. The number of hydrogen-bond acceptors (Lipinski definition) is 2. The molecule has 0 saturated heterocycles. The number of aromatic hydroxyl groups is 1. The minimum Gasteiger partial charge on any atom is -0.508 e. The van der Waals surface area contributed by atoms with E-state index in [0.717, 1.165) is 11.3 Å². The molecule has 2 heteroatoms. The lowest BCUT2D eigenvalue weighted by atomic mass is 9.86. The van der Waals surface area contributed by atoms with Crippen LogP contribution < -0.4 is 0 Å². The Morgan fingerprint density at radius 3 is 2.94 bits per heavy atom. The third-order valence-electron chi connectivity index (χ3n) is 3.32. The second-order valence-corrected chi connectivity index (χ2v) is 5.28. The number of allylic oxidation sites excluding steroid dienone is 1. The fraction of sp³-hybridized carbons (Fsp3) is 0.200. The van der Waals surface area contributed by atoms with Gasteiger partial charge < -0.3 is 5.11 Å². The first-order chi connectivity index (χ1) is 8.31. The average molecular weight is 242 g/mol. The molecule has 17 heavy (non-hydrogen) atoms. The van der Waals surface area contributed by atoms with Crippen LogP contribution in [0.5, 0.6) is 5.75 Å². The van der Waals surface area contributed by atoms with Crippen molar-refractivity contribution in [1.29, 1.82) is 0 Å². The highest BCUT2D eigenvalue weighted by molar-refractivity contribution is 7.98. The number of hydrogen-bond donors (Lipinski definition) is 1. The largest absolute Gasteiger partial charge is 0.508 e. The van der Waals surface area contributed by atoms with Crippen molar-refractivity contribution in [3.05, 3.63) is 47.5 Å². The number of rotatable bonds is 2. The third-order valence-corrected chi connectivity index (χ3v) is 4.01. The molecule has 86 valence electrons. The summed E-state index contributed by atoms with van der Waals surface area (Å²) < 4.78 is 0.